The van der Waals surface area contributed by atoms with E-state index in [1.807, 2.05) is 24.3 Å². The number of rotatable bonds is 16. The predicted molar refractivity (Wildman–Crippen MR) is 184 cm³/mol. The van der Waals surface area contributed by atoms with E-state index in [0.29, 0.717) is 54.1 Å². The first kappa shape index (κ1) is 34.3. The number of aliphatic hydroxyl groups is 1. The summed E-state index contributed by atoms with van der Waals surface area (Å²) in [7, 11) is 1.61. The molecule has 4 aromatic rings. The van der Waals surface area contributed by atoms with Gasteiger partial charge in [0.05, 0.1) is 13.7 Å². The number of carbonyl (C=O) groups excluding carboxylic acids is 1. The highest BCUT2D eigenvalue weighted by Crippen LogP contribution is 2.46. The Morgan fingerprint density at radius 2 is 1.61 bits per heavy atom. The van der Waals surface area contributed by atoms with Crippen LogP contribution in [0.25, 0.3) is 20.9 Å². The maximum atomic E-state index is 14.5. The highest BCUT2D eigenvalue weighted by atomic mass is 16.5. The zero-order valence-electron chi connectivity index (χ0n) is 26.8. The molecule has 4 aromatic carbocycles. The minimum absolute atomic E-state index is 0.0186. The predicted octanol–water partition coefficient (Wildman–Crippen LogP) is 6.70. The average Bonchev–Trinajstić information content (AvgIpc) is 3.52. The second kappa shape index (κ2) is 16.7. The Morgan fingerprint density at radius 1 is 0.939 bits per heavy atom. The molecule has 1 amide bonds. The molecule has 0 aromatic heterocycles. The highest BCUT2D eigenvalue weighted by Gasteiger charge is 2.54. The van der Waals surface area contributed by atoms with E-state index in [1.54, 1.807) is 79.9 Å². The summed E-state index contributed by atoms with van der Waals surface area (Å²) >= 11 is 0. The van der Waals surface area contributed by atoms with Crippen molar-refractivity contribution in [1.82, 2.24) is 10.9 Å². The zero-order chi connectivity index (χ0) is 34.5. The normalized spacial score (nSPS) is 16.4. The third-order valence-corrected chi connectivity index (χ3v) is 7.91. The van der Waals surface area contributed by atoms with Crippen molar-refractivity contribution < 1.29 is 24.1 Å². The summed E-state index contributed by atoms with van der Waals surface area (Å²) < 4.78 is 17.5. The Hall–Kier alpha value is -6.04. The second-order valence-electron chi connectivity index (χ2n) is 11.0. The van der Waals surface area contributed by atoms with E-state index in [4.69, 9.17) is 24.3 Å². The molecule has 3 N–H and O–H groups in total. The molecule has 2 atom stereocenters. The highest BCUT2D eigenvalue weighted by molar-refractivity contribution is 6.01. The molecule has 1 aliphatic rings. The van der Waals surface area contributed by atoms with Crippen LogP contribution < -0.4 is 20.3 Å². The first-order valence-electron chi connectivity index (χ1n) is 15.5. The molecule has 0 radical (unpaired) electrons. The van der Waals surface area contributed by atoms with Crippen molar-refractivity contribution in [2.75, 3.05) is 26.9 Å². The van der Waals surface area contributed by atoms with Crippen molar-refractivity contribution in [2.24, 2.45) is 15.2 Å². The van der Waals surface area contributed by atoms with Crippen LogP contribution in [0.2, 0.25) is 0 Å². The van der Waals surface area contributed by atoms with Crippen molar-refractivity contribution in [3.8, 4) is 11.5 Å². The lowest BCUT2D eigenvalue weighted by molar-refractivity contribution is -0.130. The molecule has 0 saturated heterocycles. The van der Waals surface area contributed by atoms with Crippen LogP contribution in [0.3, 0.4) is 0 Å². The van der Waals surface area contributed by atoms with Gasteiger partial charge in [0, 0.05) is 58.3 Å². The van der Waals surface area contributed by atoms with Crippen molar-refractivity contribution in [3.63, 3.8) is 0 Å². The van der Waals surface area contributed by atoms with Crippen LogP contribution in [0.5, 0.6) is 11.5 Å². The lowest BCUT2D eigenvalue weighted by atomic mass is 9.81. The Labute approximate surface area is 282 Å². The van der Waals surface area contributed by atoms with Crippen LogP contribution in [-0.4, -0.2) is 49.3 Å². The molecule has 0 bridgehead atoms. The van der Waals surface area contributed by atoms with Crippen LogP contribution in [0.1, 0.15) is 34.8 Å². The fourth-order valence-corrected chi connectivity index (χ4v) is 5.45. The smallest absolute Gasteiger partial charge is 0.266 e. The number of azide groups is 2. The number of hydrogen-bond donors (Lipinski definition) is 3. The van der Waals surface area contributed by atoms with E-state index in [9.17, 15) is 15.9 Å². The van der Waals surface area contributed by atoms with Crippen LogP contribution >= 0.6 is 0 Å². The van der Waals surface area contributed by atoms with Gasteiger partial charge in [0.2, 0.25) is 5.90 Å². The topological polar surface area (TPSA) is 199 Å². The van der Waals surface area contributed by atoms with E-state index in [2.05, 4.69) is 30.9 Å². The monoisotopic (exact) mass is 661 g/mol. The van der Waals surface area contributed by atoms with E-state index >= 15 is 0 Å². The van der Waals surface area contributed by atoms with Gasteiger partial charge in [0.15, 0.2) is 11.6 Å². The summed E-state index contributed by atoms with van der Waals surface area (Å²) in [4.78, 5) is 25.5. The Kier molecular flexibility index (Phi) is 11.7. The first-order chi connectivity index (χ1) is 24.0. The van der Waals surface area contributed by atoms with Crippen LogP contribution in [0.15, 0.2) is 112 Å². The van der Waals surface area contributed by atoms with Gasteiger partial charge >= 0.3 is 0 Å². The first-order valence-corrected chi connectivity index (χ1v) is 15.5. The molecule has 0 unspecified atom stereocenters. The van der Waals surface area contributed by atoms with Gasteiger partial charge in [-0.1, -0.05) is 70.9 Å². The number of hydrogen-bond acceptors (Lipinski definition) is 9. The number of amides is 1. The van der Waals surface area contributed by atoms with Gasteiger partial charge in [-0.3, -0.25) is 10.2 Å². The number of aliphatic imine (C=N–C) groups is 1. The Bertz CT molecular complexity index is 1870. The zero-order valence-corrected chi connectivity index (χ0v) is 26.8. The van der Waals surface area contributed by atoms with Gasteiger partial charge in [0.1, 0.15) is 11.5 Å². The molecule has 0 saturated carbocycles. The molecule has 14 heteroatoms. The number of hydrazine groups is 1. The summed E-state index contributed by atoms with van der Waals surface area (Å²) in [6.45, 7) is 0.772. The number of aliphatic hydroxyl groups excluding tert-OH is 1. The molecule has 5 rings (SSSR count). The quantitative estimate of drug-likeness (QED) is 0.0392. The van der Waals surface area contributed by atoms with Gasteiger partial charge in [-0.25, -0.2) is 10.4 Å². The fraction of sp³-hybridized carbons (Fsp3) is 0.257. The van der Waals surface area contributed by atoms with Gasteiger partial charge in [-0.2, -0.15) is 0 Å². The molecule has 250 valence electrons. The van der Waals surface area contributed by atoms with Crippen LogP contribution in [0.4, 0.5) is 11.4 Å². The molecule has 1 aliphatic heterocycles. The maximum Gasteiger partial charge on any atom is 0.266 e. The summed E-state index contributed by atoms with van der Waals surface area (Å²) in [5.74, 6) is 1.00. The standard InChI is InChI=1S/C35H35N9O5/c1-47-27-15-11-24(12-16-27)19-20-38-42-34(46)35(23-26-7-2-4-9-30(26)40-43-36)32(29-8-3-5-10-31(29)41-44-37)49-33(39-35)25-13-17-28(18-14-25)48-22-6-21-45/h2-5,7-18,32,38,45H,6,19-23H2,1H3,(H,42,46)/t32-,35-/m0/s1. The summed E-state index contributed by atoms with van der Waals surface area (Å²) in [6, 6.07) is 28.4. The minimum atomic E-state index is -1.67. The SMILES string of the molecule is COc1ccc(CCNNC(=O)[C@@]2(Cc3ccccc3N=[N+]=[N-])N=C(c3ccc(OCCCO)cc3)O[C@H]2c2ccccc2N=[N+]=[N-])cc1. The van der Waals surface area contributed by atoms with E-state index < -0.39 is 17.6 Å². The maximum absolute atomic E-state index is 14.5. The van der Waals surface area contributed by atoms with E-state index in [-0.39, 0.29) is 24.6 Å². The Morgan fingerprint density at radius 3 is 2.33 bits per heavy atom. The molecule has 0 spiro atoms. The van der Waals surface area contributed by atoms with Gasteiger partial charge in [-0.15, -0.1) is 0 Å². The van der Waals surface area contributed by atoms with Crippen molar-refractivity contribution >= 4 is 23.2 Å². The summed E-state index contributed by atoms with van der Waals surface area (Å²) in [5, 5.41) is 16.8. The third-order valence-electron chi connectivity index (χ3n) is 7.91. The number of nitrogens with one attached hydrogen (secondary N) is 2. The average molecular weight is 662 g/mol. The fourth-order valence-electron chi connectivity index (χ4n) is 5.45. The Balaban J connectivity index is 1.55. The number of ether oxygens (including phenoxy) is 3. The van der Waals surface area contributed by atoms with Crippen molar-refractivity contribution in [3.05, 3.63) is 140 Å². The summed E-state index contributed by atoms with van der Waals surface area (Å²) in [6.07, 6.45) is 0.00677. The van der Waals surface area contributed by atoms with Gasteiger partial charge in [-0.05, 0) is 65.0 Å². The lowest BCUT2D eigenvalue weighted by Crippen LogP contribution is -2.54. The van der Waals surface area contributed by atoms with Crippen LogP contribution in [-0.2, 0) is 22.4 Å². The van der Waals surface area contributed by atoms with Crippen LogP contribution in [0, 0.1) is 0 Å². The number of benzene rings is 4. The van der Waals surface area contributed by atoms with Gasteiger partial charge in [0.25, 0.3) is 5.91 Å². The molecule has 0 aliphatic carbocycles. The minimum Gasteiger partial charge on any atom is -0.497 e. The van der Waals surface area contributed by atoms with E-state index in [0.717, 1.165) is 11.3 Å². The molecule has 1 heterocycles. The van der Waals surface area contributed by atoms with Crippen molar-refractivity contribution in [1.29, 1.82) is 0 Å². The molecule has 14 nitrogen and oxygen atoms in total. The number of carbonyl (C=O) groups is 1. The lowest BCUT2D eigenvalue weighted by Gasteiger charge is -2.31. The largest absolute Gasteiger partial charge is 0.497 e. The van der Waals surface area contributed by atoms with Crippen molar-refractivity contribution in [2.45, 2.75) is 30.9 Å². The van der Waals surface area contributed by atoms with Gasteiger partial charge < -0.3 is 19.3 Å². The third kappa shape index (κ3) is 8.28. The van der Waals surface area contributed by atoms with E-state index in [1.165, 1.54) is 0 Å². The molecule has 49 heavy (non-hydrogen) atoms. The number of methoxy groups -OCH3 is 1. The summed E-state index contributed by atoms with van der Waals surface area (Å²) in [5.41, 5.74) is 26.1. The second-order valence-corrected chi connectivity index (χ2v) is 11.0. The molecular weight excluding hydrogens is 626 g/mol. The molecular formula is C35H35N9O5. The molecule has 0 fully saturated rings. The number of nitrogens with zero attached hydrogens (tertiary/aromatic N) is 7.